The number of para-hydroxylation sites is 2. The van der Waals surface area contributed by atoms with Gasteiger partial charge in [0.15, 0.2) is 18.1 Å². The highest BCUT2D eigenvalue weighted by atomic mass is 16.5. The van der Waals surface area contributed by atoms with Gasteiger partial charge in [-0.15, -0.1) is 0 Å². The van der Waals surface area contributed by atoms with E-state index in [1.54, 1.807) is 6.07 Å². The van der Waals surface area contributed by atoms with Crippen LogP contribution in [0.1, 0.15) is 6.92 Å². The van der Waals surface area contributed by atoms with Gasteiger partial charge in [0.05, 0.1) is 6.61 Å². The van der Waals surface area contributed by atoms with Gasteiger partial charge in [-0.05, 0) is 19.1 Å². The van der Waals surface area contributed by atoms with E-state index in [9.17, 15) is 4.79 Å². The third kappa shape index (κ3) is 5.54. The molecule has 1 heterocycles. The summed E-state index contributed by atoms with van der Waals surface area (Å²) in [5.74, 6) is 1.15. The minimum atomic E-state index is -0.110. The minimum Gasteiger partial charge on any atom is -0.490 e. The number of nitrogens with zero attached hydrogens (tertiary/aromatic N) is 1. The van der Waals surface area contributed by atoms with E-state index in [0.29, 0.717) is 24.7 Å². The van der Waals surface area contributed by atoms with Crippen LogP contribution in [-0.2, 0) is 4.79 Å². The van der Waals surface area contributed by atoms with E-state index in [1.807, 2.05) is 25.1 Å². The van der Waals surface area contributed by atoms with Crippen LogP contribution in [0.3, 0.4) is 0 Å². The maximum absolute atomic E-state index is 11.8. The molecule has 2 rings (SSSR count). The SMILES string of the molecule is CCOc1ccccc1OCC(=O)NCCN1CCNCC1. The van der Waals surface area contributed by atoms with Crippen molar-refractivity contribution in [2.75, 3.05) is 52.5 Å². The van der Waals surface area contributed by atoms with Gasteiger partial charge in [0.25, 0.3) is 5.91 Å². The van der Waals surface area contributed by atoms with Gasteiger partial charge >= 0.3 is 0 Å². The number of carbonyl (C=O) groups excluding carboxylic acids is 1. The smallest absolute Gasteiger partial charge is 0.257 e. The lowest BCUT2D eigenvalue weighted by atomic mass is 10.3. The number of hydrogen-bond acceptors (Lipinski definition) is 5. The van der Waals surface area contributed by atoms with Gasteiger partial charge in [-0.25, -0.2) is 0 Å². The Morgan fingerprint density at radius 1 is 1.23 bits per heavy atom. The number of hydrogen-bond donors (Lipinski definition) is 2. The predicted molar refractivity (Wildman–Crippen MR) is 85.4 cm³/mol. The standard InChI is InChI=1S/C16H25N3O3/c1-2-21-14-5-3-4-6-15(14)22-13-16(20)18-9-12-19-10-7-17-8-11-19/h3-6,17H,2,7-13H2,1H3,(H,18,20). The van der Waals surface area contributed by atoms with Crippen LogP contribution in [-0.4, -0.2) is 63.3 Å². The lowest BCUT2D eigenvalue weighted by Crippen LogP contribution is -2.46. The molecule has 6 nitrogen and oxygen atoms in total. The number of piperazine rings is 1. The Labute approximate surface area is 131 Å². The van der Waals surface area contributed by atoms with Crippen molar-refractivity contribution in [2.24, 2.45) is 0 Å². The van der Waals surface area contributed by atoms with Gasteiger partial charge in [0, 0.05) is 39.3 Å². The molecular formula is C16H25N3O3. The summed E-state index contributed by atoms with van der Waals surface area (Å²) in [6.45, 7) is 8.12. The van der Waals surface area contributed by atoms with Gasteiger partial charge in [-0.1, -0.05) is 12.1 Å². The Kier molecular flexibility index (Phi) is 6.99. The van der Waals surface area contributed by atoms with E-state index in [2.05, 4.69) is 15.5 Å². The molecule has 1 aliphatic rings. The van der Waals surface area contributed by atoms with Gasteiger partial charge in [-0.3, -0.25) is 9.69 Å². The van der Waals surface area contributed by atoms with Gasteiger partial charge in [0.1, 0.15) is 0 Å². The monoisotopic (exact) mass is 307 g/mol. The maximum atomic E-state index is 11.8. The molecular weight excluding hydrogens is 282 g/mol. The minimum absolute atomic E-state index is 0.00560. The second-order valence-corrected chi connectivity index (χ2v) is 5.11. The number of rotatable bonds is 8. The lowest BCUT2D eigenvalue weighted by molar-refractivity contribution is -0.123. The fraction of sp³-hybridized carbons (Fsp3) is 0.562. The molecule has 122 valence electrons. The molecule has 6 heteroatoms. The molecule has 0 saturated carbocycles. The Hall–Kier alpha value is -1.79. The van der Waals surface area contributed by atoms with E-state index in [1.165, 1.54) is 0 Å². The molecule has 0 spiro atoms. The number of ether oxygens (including phenoxy) is 2. The van der Waals surface area contributed by atoms with Crippen molar-refractivity contribution >= 4 is 5.91 Å². The molecule has 1 amide bonds. The fourth-order valence-corrected chi connectivity index (χ4v) is 2.33. The van der Waals surface area contributed by atoms with Crippen LogP contribution in [0.5, 0.6) is 11.5 Å². The first-order chi connectivity index (χ1) is 10.8. The topological polar surface area (TPSA) is 62.8 Å². The first-order valence-corrected chi connectivity index (χ1v) is 7.84. The van der Waals surface area contributed by atoms with Crippen LogP contribution in [0.15, 0.2) is 24.3 Å². The molecule has 1 aromatic rings. The Morgan fingerprint density at radius 2 is 1.91 bits per heavy atom. The second kappa shape index (κ2) is 9.27. The summed E-state index contributed by atoms with van der Waals surface area (Å²) in [5, 5.41) is 6.19. The molecule has 1 saturated heterocycles. The van der Waals surface area contributed by atoms with Crippen LogP contribution in [0.25, 0.3) is 0 Å². The van der Waals surface area contributed by atoms with E-state index < -0.39 is 0 Å². The number of benzene rings is 1. The highest BCUT2D eigenvalue weighted by Crippen LogP contribution is 2.26. The molecule has 0 atom stereocenters. The third-order valence-electron chi connectivity index (χ3n) is 3.47. The quantitative estimate of drug-likeness (QED) is 0.732. The number of nitrogens with one attached hydrogen (secondary N) is 2. The Morgan fingerprint density at radius 3 is 2.59 bits per heavy atom. The summed E-state index contributed by atoms with van der Waals surface area (Å²) >= 11 is 0. The lowest BCUT2D eigenvalue weighted by Gasteiger charge is -2.27. The molecule has 0 bridgehead atoms. The average molecular weight is 307 g/mol. The first-order valence-electron chi connectivity index (χ1n) is 7.84. The van der Waals surface area contributed by atoms with Crippen molar-refractivity contribution in [2.45, 2.75) is 6.92 Å². The van der Waals surface area contributed by atoms with Crippen molar-refractivity contribution < 1.29 is 14.3 Å². The van der Waals surface area contributed by atoms with Crippen LogP contribution >= 0.6 is 0 Å². The number of carbonyl (C=O) groups is 1. The largest absolute Gasteiger partial charge is 0.490 e. The van der Waals surface area contributed by atoms with Crippen LogP contribution in [0.4, 0.5) is 0 Å². The van der Waals surface area contributed by atoms with Crippen molar-refractivity contribution in [3.05, 3.63) is 24.3 Å². The molecule has 22 heavy (non-hydrogen) atoms. The molecule has 0 radical (unpaired) electrons. The van der Waals surface area contributed by atoms with Crippen LogP contribution in [0, 0.1) is 0 Å². The Balaban J connectivity index is 1.67. The summed E-state index contributed by atoms with van der Waals surface area (Å²) in [7, 11) is 0. The van der Waals surface area contributed by atoms with Crippen molar-refractivity contribution in [3.63, 3.8) is 0 Å². The third-order valence-corrected chi connectivity index (χ3v) is 3.47. The van der Waals surface area contributed by atoms with E-state index in [0.717, 1.165) is 32.7 Å². The summed E-state index contributed by atoms with van der Waals surface area (Å²) < 4.78 is 11.0. The summed E-state index contributed by atoms with van der Waals surface area (Å²) in [5.41, 5.74) is 0. The summed E-state index contributed by atoms with van der Waals surface area (Å²) in [4.78, 5) is 14.2. The van der Waals surface area contributed by atoms with Gasteiger partial charge < -0.3 is 20.1 Å². The summed E-state index contributed by atoms with van der Waals surface area (Å²) in [6, 6.07) is 7.38. The zero-order valence-electron chi connectivity index (χ0n) is 13.1. The highest BCUT2D eigenvalue weighted by molar-refractivity contribution is 5.77. The fourth-order valence-electron chi connectivity index (χ4n) is 2.33. The molecule has 2 N–H and O–H groups in total. The molecule has 1 fully saturated rings. The van der Waals surface area contributed by atoms with Crippen molar-refractivity contribution in [1.82, 2.24) is 15.5 Å². The Bertz CT molecular complexity index is 462. The zero-order valence-corrected chi connectivity index (χ0v) is 13.1. The molecule has 1 aromatic carbocycles. The summed E-state index contributed by atoms with van der Waals surface area (Å²) in [6.07, 6.45) is 0. The second-order valence-electron chi connectivity index (χ2n) is 5.11. The van der Waals surface area contributed by atoms with Crippen molar-refractivity contribution in [1.29, 1.82) is 0 Å². The van der Waals surface area contributed by atoms with Gasteiger partial charge in [-0.2, -0.15) is 0 Å². The molecule has 1 aliphatic heterocycles. The van der Waals surface area contributed by atoms with Crippen LogP contribution < -0.4 is 20.1 Å². The average Bonchev–Trinajstić information content (AvgIpc) is 2.55. The molecule has 0 aromatic heterocycles. The van der Waals surface area contributed by atoms with Crippen LogP contribution in [0.2, 0.25) is 0 Å². The van der Waals surface area contributed by atoms with Gasteiger partial charge in [0.2, 0.25) is 0 Å². The molecule has 0 aliphatic carbocycles. The predicted octanol–water partition coefficient (Wildman–Crippen LogP) is 0.486. The number of amides is 1. The zero-order chi connectivity index (χ0) is 15.6. The van der Waals surface area contributed by atoms with E-state index in [-0.39, 0.29) is 12.5 Å². The molecule has 0 unspecified atom stereocenters. The van der Waals surface area contributed by atoms with Crippen molar-refractivity contribution in [3.8, 4) is 11.5 Å². The maximum Gasteiger partial charge on any atom is 0.257 e. The first kappa shape index (κ1) is 16.6. The van der Waals surface area contributed by atoms with E-state index in [4.69, 9.17) is 9.47 Å². The van der Waals surface area contributed by atoms with E-state index >= 15 is 0 Å². The normalized spacial score (nSPS) is 15.3. The highest BCUT2D eigenvalue weighted by Gasteiger charge is 2.10.